The molecule has 1 aromatic rings. The molecule has 0 radical (unpaired) electrons. The van der Waals surface area contributed by atoms with E-state index in [0.717, 1.165) is 4.31 Å². The lowest BCUT2D eigenvalue weighted by Crippen LogP contribution is -2.36. The Hall–Kier alpha value is -1.71. The number of nitrogens with zero attached hydrogens (tertiary/aromatic N) is 2. The first-order valence-corrected chi connectivity index (χ1v) is 8.33. The quantitative estimate of drug-likeness (QED) is 0.725. The molecule has 0 spiro atoms. The maximum Gasteiger partial charge on any atom is 0.244 e. The second-order valence-electron chi connectivity index (χ2n) is 4.76. The summed E-state index contributed by atoms with van der Waals surface area (Å²) in [6, 6.07) is 7.26. The molecule has 5 nitrogen and oxygen atoms in total. The number of Topliss-reactive ketones (excluding diaryl/α,β-unsaturated/α-hetero) is 1. The number of hydrogen-bond acceptors (Lipinski definition) is 4. The van der Waals surface area contributed by atoms with Gasteiger partial charge in [-0.25, -0.2) is 8.42 Å². The number of carbonyl (C=O) groups is 1. The second kappa shape index (κ2) is 7.34. The van der Waals surface area contributed by atoms with Gasteiger partial charge in [0.2, 0.25) is 10.0 Å². The molecule has 0 aliphatic carbocycles. The predicted octanol–water partition coefficient (Wildman–Crippen LogP) is 2.59. The number of rotatable bonds is 7. The summed E-state index contributed by atoms with van der Waals surface area (Å²) in [6.45, 7) is 3.62. The summed E-state index contributed by atoms with van der Waals surface area (Å²) in [5.41, 5.74) is 0.371. The molecule has 0 fully saturated rings. The normalized spacial score (nSPS) is 12.9. The average molecular weight is 308 g/mol. The highest BCUT2D eigenvalue weighted by atomic mass is 32.2. The zero-order valence-electron chi connectivity index (χ0n) is 12.5. The Kier molecular flexibility index (Phi) is 6.06. The molecular weight excluding hydrogens is 288 g/mol. The molecule has 0 saturated heterocycles. The van der Waals surface area contributed by atoms with Crippen molar-refractivity contribution in [2.45, 2.75) is 44.0 Å². The van der Waals surface area contributed by atoms with E-state index in [-0.39, 0.29) is 10.7 Å². The number of carbonyl (C=O) groups excluding carboxylic acids is 1. The molecule has 0 aliphatic heterocycles. The van der Waals surface area contributed by atoms with E-state index in [1.165, 1.54) is 19.2 Å². The third kappa shape index (κ3) is 3.90. The number of benzene rings is 1. The summed E-state index contributed by atoms with van der Waals surface area (Å²) < 4.78 is 26.1. The zero-order valence-corrected chi connectivity index (χ0v) is 13.4. The summed E-state index contributed by atoms with van der Waals surface area (Å²) in [5.74, 6) is -0.111. The summed E-state index contributed by atoms with van der Waals surface area (Å²) in [4.78, 5) is 11.7. The maximum atomic E-state index is 12.5. The van der Waals surface area contributed by atoms with Gasteiger partial charge in [-0.1, -0.05) is 32.4 Å². The van der Waals surface area contributed by atoms with Crippen molar-refractivity contribution in [3.63, 3.8) is 0 Å². The molecule has 1 aromatic carbocycles. The van der Waals surface area contributed by atoms with Crippen molar-refractivity contribution in [3.8, 4) is 6.07 Å². The number of ketones is 1. The number of sulfonamides is 1. The van der Waals surface area contributed by atoms with Gasteiger partial charge in [0, 0.05) is 19.0 Å². The molecule has 1 atom stereocenters. The van der Waals surface area contributed by atoms with Crippen LogP contribution >= 0.6 is 0 Å². The first kappa shape index (κ1) is 17.3. The van der Waals surface area contributed by atoms with Gasteiger partial charge in [0.1, 0.15) is 6.04 Å². The summed E-state index contributed by atoms with van der Waals surface area (Å²) in [7, 11) is -2.38. The van der Waals surface area contributed by atoms with Gasteiger partial charge >= 0.3 is 0 Å². The van der Waals surface area contributed by atoms with Crippen LogP contribution < -0.4 is 0 Å². The number of nitriles is 1. The fourth-order valence-corrected chi connectivity index (χ4v) is 3.32. The zero-order chi connectivity index (χ0) is 16.0. The van der Waals surface area contributed by atoms with E-state index in [9.17, 15) is 13.2 Å². The largest absolute Gasteiger partial charge is 0.294 e. The van der Waals surface area contributed by atoms with Gasteiger partial charge in [-0.15, -0.1) is 0 Å². The molecule has 0 saturated carbocycles. The van der Waals surface area contributed by atoms with Gasteiger partial charge in [-0.05, 0) is 18.6 Å². The second-order valence-corrected chi connectivity index (χ2v) is 6.76. The highest BCUT2D eigenvalue weighted by molar-refractivity contribution is 7.89. The minimum atomic E-state index is -3.78. The van der Waals surface area contributed by atoms with Crippen LogP contribution in [0.5, 0.6) is 0 Å². The van der Waals surface area contributed by atoms with Gasteiger partial charge in [0.25, 0.3) is 0 Å². The Bertz CT molecular complexity index is 647. The predicted molar refractivity (Wildman–Crippen MR) is 80.3 cm³/mol. The molecule has 0 amide bonds. The fraction of sp³-hybridized carbons (Fsp3) is 0.467. The highest BCUT2D eigenvalue weighted by Crippen LogP contribution is 2.20. The lowest BCUT2D eigenvalue weighted by atomic mass is 10.1. The summed E-state index contributed by atoms with van der Waals surface area (Å²) in [6.07, 6.45) is 1.50. The monoisotopic (exact) mass is 308 g/mol. The lowest BCUT2D eigenvalue weighted by Gasteiger charge is -2.22. The van der Waals surface area contributed by atoms with Gasteiger partial charge in [0.15, 0.2) is 5.78 Å². The Morgan fingerprint density at radius 3 is 2.57 bits per heavy atom. The first-order valence-electron chi connectivity index (χ1n) is 6.89. The third-order valence-corrected chi connectivity index (χ3v) is 5.17. The molecule has 0 heterocycles. The highest BCUT2D eigenvalue weighted by Gasteiger charge is 2.27. The van der Waals surface area contributed by atoms with Crippen molar-refractivity contribution in [3.05, 3.63) is 29.8 Å². The van der Waals surface area contributed by atoms with E-state index in [1.807, 2.05) is 13.0 Å². The van der Waals surface area contributed by atoms with Gasteiger partial charge in [0.05, 0.1) is 11.0 Å². The summed E-state index contributed by atoms with van der Waals surface area (Å²) in [5, 5.41) is 9.11. The van der Waals surface area contributed by atoms with E-state index in [2.05, 4.69) is 0 Å². The first-order chi connectivity index (χ1) is 9.88. The van der Waals surface area contributed by atoms with Crippen LogP contribution in [-0.4, -0.2) is 31.6 Å². The summed E-state index contributed by atoms with van der Waals surface area (Å²) >= 11 is 0. The lowest BCUT2D eigenvalue weighted by molar-refractivity contribution is 0.0988. The van der Waals surface area contributed by atoms with Gasteiger partial charge in [-0.3, -0.25) is 4.79 Å². The molecular formula is C15H20N2O3S. The van der Waals surface area contributed by atoms with Crippen LogP contribution in [0.2, 0.25) is 0 Å². The van der Waals surface area contributed by atoms with E-state index in [4.69, 9.17) is 5.26 Å². The van der Waals surface area contributed by atoms with Crippen molar-refractivity contribution in [2.24, 2.45) is 0 Å². The van der Waals surface area contributed by atoms with Crippen molar-refractivity contribution >= 4 is 15.8 Å². The molecule has 0 bridgehead atoms. The van der Waals surface area contributed by atoms with Crippen LogP contribution in [0.25, 0.3) is 0 Å². The standard InChI is InChI=1S/C15H20N2O3S/c1-4-7-13(11-16)17(3)21(19,20)14-9-6-8-12(10-14)15(18)5-2/h6,8-10,13H,4-5,7H2,1-3H3/t13-/m0/s1. The van der Waals surface area contributed by atoms with Gasteiger partial charge < -0.3 is 0 Å². The molecule has 114 valence electrons. The van der Waals surface area contributed by atoms with Crippen LogP contribution in [0.4, 0.5) is 0 Å². The molecule has 1 rings (SSSR count). The maximum absolute atomic E-state index is 12.5. The smallest absolute Gasteiger partial charge is 0.244 e. The van der Waals surface area contributed by atoms with E-state index < -0.39 is 16.1 Å². The molecule has 0 aromatic heterocycles. The van der Waals surface area contributed by atoms with Crippen molar-refractivity contribution in [2.75, 3.05) is 7.05 Å². The van der Waals surface area contributed by atoms with E-state index >= 15 is 0 Å². The molecule has 0 unspecified atom stereocenters. The Balaban J connectivity index is 3.19. The molecule has 0 aliphatic rings. The minimum Gasteiger partial charge on any atom is -0.294 e. The van der Waals surface area contributed by atoms with Crippen molar-refractivity contribution < 1.29 is 13.2 Å². The van der Waals surface area contributed by atoms with Crippen molar-refractivity contribution in [1.82, 2.24) is 4.31 Å². The molecule has 0 N–H and O–H groups in total. The van der Waals surface area contributed by atoms with Crippen LogP contribution in [0.3, 0.4) is 0 Å². The van der Waals surface area contributed by atoms with Crippen molar-refractivity contribution in [1.29, 1.82) is 5.26 Å². The third-order valence-electron chi connectivity index (χ3n) is 3.30. The van der Waals surface area contributed by atoms with E-state index in [1.54, 1.807) is 19.1 Å². The van der Waals surface area contributed by atoms with Crippen LogP contribution in [0, 0.1) is 11.3 Å². The topological polar surface area (TPSA) is 78.2 Å². The Morgan fingerprint density at radius 1 is 1.38 bits per heavy atom. The van der Waals surface area contributed by atoms with Crippen LogP contribution in [-0.2, 0) is 10.0 Å². The average Bonchev–Trinajstić information content (AvgIpc) is 2.51. The van der Waals surface area contributed by atoms with E-state index in [0.29, 0.717) is 24.8 Å². The fourth-order valence-electron chi connectivity index (χ4n) is 1.97. The SMILES string of the molecule is CCC[C@@H](C#N)N(C)S(=O)(=O)c1cccc(C(=O)CC)c1. The molecule has 21 heavy (non-hydrogen) atoms. The Labute approximate surface area is 126 Å². The Morgan fingerprint density at radius 2 is 2.05 bits per heavy atom. The minimum absolute atomic E-state index is 0.0423. The van der Waals surface area contributed by atoms with Crippen LogP contribution in [0.15, 0.2) is 29.2 Å². The van der Waals surface area contributed by atoms with Crippen LogP contribution in [0.1, 0.15) is 43.5 Å². The molecule has 6 heteroatoms. The van der Waals surface area contributed by atoms with Gasteiger partial charge in [-0.2, -0.15) is 9.57 Å². The number of hydrogen-bond donors (Lipinski definition) is 0.